The van der Waals surface area contributed by atoms with Crippen LogP contribution in [0.5, 0.6) is 11.5 Å². The molecule has 0 saturated carbocycles. The number of hydrogen-bond donors (Lipinski definition) is 1. The third kappa shape index (κ3) is 4.56. The molecule has 0 aromatic heterocycles. The van der Waals surface area contributed by atoms with Crippen LogP contribution in [-0.2, 0) is 20.7 Å². The molecule has 0 spiro atoms. The van der Waals surface area contributed by atoms with Crippen LogP contribution in [0.4, 0.5) is 0 Å². The number of ketones is 1. The van der Waals surface area contributed by atoms with Crippen LogP contribution in [0.2, 0.25) is 0 Å². The molecule has 6 nitrogen and oxygen atoms in total. The number of cyclic esters (lactones) is 1. The quantitative estimate of drug-likeness (QED) is 0.536. The van der Waals surface area contributed by atoms with Crippen LogP contribution in [0, 0.1) is 5.92 Å². The summed E-state index contributed by atoms with van der Waals surface area (Å²) >= 11 is 0. The van der Waals surface area contributed by atoms with Gasteiger partial charge in [0.1, 0.15) is 5.57 Å². The van der Waals surface area contributed by atoms with Gasteiger partial charge >= 0.3 is 5.97 Å². The van der Waals surface area contributed by atoms with Gasteiger partial charge in [-0.3, -0.25) is 4.79 Å². The topological polar surface area (TPSA) is 82.1 Å². The number of aliphatic hydroxyl groups is 1. The van der Waals surface area contributed by atoms with E-state index in [-0.39, 0.29) is 29.5 Å². The van der Waals surface area contributed by atoms with Crippen LogP contribution >= 0.6 is 0 Å². The van der Waals surface area contributed by atoms with Gasteiger partial charge in [-0.25, -0.2) is 4.79 Å². The summed E-state index contributed by atoms with van der Waals surface area (Å²) in [4.78, 5) is 24.3. The SMILES string of the molecule is COc1ccc(CCCC(=O)C2=C(O)C(CC(C)C)OC2=O)cc1OC. The molecular weight excluding hydrogens is 336 g/mol. The summed E-state index contributed by atoms with van der Waals surface area (Å²) in [5.41, 5.74) is 0.809. The van der Waals surface area contributed by atoms with Gasteiger partial charge in [-0.2, -0.15) is 0 Å². The third-order valence-corrected chi connectivity index (χ3v) is 4.30. The number of carbonyl (C=O) groups excluding carboxylic acids is 2. The van der Waals surface area contributed by atoms with Crippen molar-refractivity contribution in [2.75, 3.05) is 14.2 Å². The van der Waals surface area contributed by atoms with Crippen LogP contribution in [0.3, 0.4) is 0 Å². The number of aryl methyl sites for hydroxylation is 1. The first-order valence-electron chi connectivity index (χ1n) is 8.75. The maximum atomic E-state index is 12.3. The molecule has 0 amide bonds. The molecule has 1 atom stereocenters. The van der Waals surface area contributed by atoms with Crippen molar-refractivity contribution in [3.05, 3.63) is 35.1 Å². The number of rotatable bonds is 9. The van der Waals surface area contributed by atoms with Crippen LogP contribution in [0.1, 0.15) is 38.7 Å². The van der Waals surface area contributed by atoms with Crippen molar-refractivity contribution in [2.24, 2.45) is 5.92 Å². The molecule has 1 aliphatic heterocycles. The Labute approximate surface area is 153 Å². The summed E-state index contributed by atoms with van der Waals surface area (Å²) in [6.45, 7) is 3.92. The second-order valence-corrected chi connectivity index (χ2v) is 6.75. The average molecular weight is 362 g/mol. The van der Waals surface area contributed by atoms with E-state index in [1.54, 1.807) is 14.2 Å². The van der Waals surface area contributed by atoms with Crippen molar-refractivity contribution in [3.63, 3.8) is 0 Å². The highest BCUT2D eigenvalue weighted by molar-refractivity contribution is 6.19. The van der Waals surface area contributed by atoms with Gasteiger partial charge in [0.15, 0.2) is 29.1 Å². The molecular formula is C20H26O6. The highest BCUT2D eigenvalue weighted by Crippen LogP contribution is 2.29. The first-order valence-corrected chi connectivity index (χ1v) is 8.75. The van der Waals surface area contributed by atoms with Gasteiger partial charge in [-0.15, -0.1) is 0 Å². The average Bonchev–Trinajstić information content (AvgIpc) is 2.87. The maximum Gasteiger partial charge on any atom is 0.346 e. The molecule has 6 heteroatoms. The molecule has 1 aliphatic rings. The van der Waals surface area contributed by atoms with E-state index in [0.29, 0.717) is 30.8 Å². The fraction of sp³-hybridized carbons (Fsp3) is 0.500. The lowest BCUT2D eigenvalue weighted by Gasteiger charge is -2.11. The van der Waals surface area contributed by atoms with Crippen molar-refractivity contribution >= 4 is 11.8 Å². The number of aliphatic hydroxyl groups excluding tert-OH is 1. The van der Waals surface area contributed by atoms with Crippen molar-refractivity contribution in [3.8, 4) is 11.5 Å². The number of ether oxygens (including phenoxy) is 3. The number of hydrogen-bond acceptors (Lipinski definition) is 6. The number of esters is 1. The Morgan fingerprint density at radius 1 is 1.23 bits per heavy atom. The second kappa shape index (κ2) is 8.74. The van der Waals surface area contributed by atoms with E-state index in [9.17, 15) is 14.7 Å². The van der Waals surface area contributed by atoms with E-state index >= 15 is 0 Å². The minimum absolute atomic E-state index is 0.164. The van der Waals surface area contributed by atoms with Crippen molar-refractivity contribution < 1.29 is 28.9 Å². The lowest BCUT2D eigenvalue weighted by molar-refractivity contribution is -0.141. The summed E-state index contributed by atoms with van der Waals surface area (Å²) < 4.78 is 15.6. The zero-order valence-corrected chi connectivity index (χ0v) is 15.7. The lowest BCUT2D eigenvalue weighted by Crippen LogP contribution is -2.14. The molecule has 1 N–H and O–H groups in total. The van der Waals surface area contributed by atoms with Gasteiger partial charge < -0.3 is 19.3 Å². The molecule has 1 unspecified atom stereocenters. The van der Waals surface area contributed by atoms with Gasteiger partial charge in [0, 0.05) is 6.42 Å². The fourth-order valence-electron chi connectivity index (χ4n) is 2.97. The summed E-state index contributed by atoms with van der Waals surface area (Å²) in [5.74, 6) is 0.206. The van der Waals surface area contributed by atoms with E-state index < -0.39 is 12.1 Å². The zero-order chi connectivity index (χ0) is 19.3. The van der Waals surface area contributed by atoms with E-state index in [0.717, 1.165) is 5.56 Å². The Bertz CT molecular complexity index is 704. The summed E-state index contributed by atoms with van der Waals surface area (Å²) in [6, 6.07) is 5.59. The summed E-state index contributed by atoms with van der Waals surface area (Å²) in [6.07, 6.45) is 1.15. The monoisotopic (exact) mass is 362 g/mol. The van der Waals surface area contributed by atoms with Gasteiger partial charge in [0.2, 0.25) is 0 Å². The Kier molecular flexibility index (Phi) is 6.66. The first kappa shape index (κ1) is 19.8. The third-order valence-electron chi connectivity index (χ3n) is 4.30. The standard InChI is InChI=1S/C20H26O6/c1-12(2)10-17-19(22)18(20(23)26-17)14(21)7-5-6-13-8-9-15(24-3)16(11-13)25-4/h8-9,11-12,17,22H,5-7,10H2,1-4H3. The van der Waals surface area contributed by atoms with Gasteiger partial charge in [0.25, 0.3) is 0 Å². The summed E-state index contributed by atoms with van der Waals surface area (Å²) in [7, 11) is 3.14. The van der Waals surface area contributed by atoms with Gasteiger partial charge in [0.05, 0.1) is 14.2 Å². The highest BCUT2D eigenvalue weighted by atomic mass is 16.6. The maximum absolute atomic E-state index is 12.3. The van der Waals surface area contributed by atoms with Crippen molar-refractivity contribution in [1.29, 1.82) is 0 Å². The zero-order valence-electron chi connectivity index (χ0n) is 15.7. The Morgan fingerprint density at radius 2 is 1.92 bits per heavy atom. The minimum atomic E-state index is -0.718. The van der Waals surface area contributed by atoms with E-state index in [4.69, 9.17) is 14.2 Å². The normalized spacial score (nSPS) is 16.8. The Morgan fingerprint density at radius 3 is 2.54 bits per heavy atom. The smallest absolute Gasteiger partial charge is 0.346 e. The van der Waals surface area contributed by atoms with Gasteiger partial charge in [-0.05, 0) is 42.9 Å². The molecule has 0 aliphatic carbocycles. The Balaban J connectivity index is 1.96. The first-order chi connectivity index (χ1) is 12.4. The van der Waals surface area contributed by atoms with Crippen LogP contribution in [0.15, 0.2) is 29.5 Å². The molecule has 2 rings (SSSR count). The molecule has 0 fully saturated rings. The number of carbonyl (C=O) groups is 2. The lowest BCUT2D eigenvalue weighted by atomic mass is 9.99. The minimum Gasteiger partial charge on any atom is -0.507 e. The number of Topliss-reactive ketones (excluding diaryl/α,β-unsaturated/α-hetero) is 1. The largest absolute Gasteiger partial charge is 0.507 e. The predicted octanol–water partition coefficient (Wildman–Crippen LogP) is 3.38. The Hall–Kier alpha value is -2.50. The van der Waals surface area contributed by atoms with E-state index in [1.165, 1.54) is 0 Å². The molecule has 1 heterocycles. The van der Waals surface area contributed by atoms with Crippen LogP contribution in [-0.4, -0.2) is 37.2 Å². The van der Waals surface area contributed by atoms with Crippen LogP contribution < -0.4 is 9.47 Å². The molecule has 0 saturated heterocycles. The molecule has 1 aromatic rings. The predicted molar refractivity (Wildman–Crippen MR) is 96.5 cm³/mol. The van der Waals surface area contributed by atoms with E-state index in [1.807, 2.05) is 32.0 Å². The number of benzene rings is 1. The van der Waals surface area contributed by atoms with Crippen molar-refractivity contribution in [1.82, 2.24) is 0 Å². The molecule has 0 bridgehead atoms. The second-order valence-electron chi connectivity index (χ2n) is 6.75. The van der Waals surface area contributed by atoms with Crippen molar-refractivity contribution in [2.45, 2.75) is 45.6 Å². The number of methoxy groups -OCH3 is 2. The molecule has 26 heavy (non-hydrogen) atoms. The summed E-state index contributed by atoms with van der Waals surface area (Å²) in [5, 5.41) is 10.2. The van der Waals surface area contributed by atoms with Crippen LogP contribution in [0.25, 0.3) is 0 Å². The molecule has 142 valence electrons. The van der Waals surface area contributed by atoms with Gasteiger partial charge in [-0.1, -0.05) is 19.9 Å². The molecule has 1 aromatic carbocycles. The van der Waals surface area contributed by atoms with E-state index in [2.05, 4.69) is 0 Å². The fourth-order valence-corrected chi connectivity index (χ4v) is 2.97. The highest BCUT2D eigenvalue weighted by Gasteiger charge is 2.37. The molecule has 0 radical (unpaired) electrons.